The zero-order valence-corrected chi connectivity index (χ0v) is 18.1. The summed E-state index contributed by atoms with van der Waals surface area (Å²) in [6, 6.07) is 9.28. The normalized spacial score (nSPS) is 11.8. The maximum Gasteiger partial charge on any atom is 0.407 e. The van der Waals surface area contributed by atoms with Crippen LogP contribution in [0.25, 0.3) is 0 Å². The van der Waals surface area contributed by atoms with Crippen molar-refractivity contribution in [3.63, 3.8) is 0 Å². The summed E-state index contributed by atoms with van der Waals surface area (Å²) in [5.74, 6) is -0.0750. The summed E-state index contributed by atoms with van der Waals surface area (Å²) in [4.78, 5) is 34.7. The molecule has 0 heterocycles. The summed E-state index contributed by atoms with van der Waals surface area (Å²) < 4.78 is 17.1. The van der Waals surface area contributed by atoms with Gasteiger partial charge in [-0.2, -0.15) is 0 Å². The van der Waals surface area contributed by atoms with Gasteiger partial charge in [0.15, 0.2) is 7.05 Å². The molecule has 166 valence electrons. The van der Waals surface area contributed by atoms with Gasteiger partial charge in [0.05, 0.1) is 12.5 Å². The fraction of sp³-hybridized carbons (Fsp3) is 0.545. The highest BCUT2D eigenvalue weighted by molar-refractivity contribution is 5.81. The van der Waals surface area contributed by atoms with Gasteiger partial charge < -0.3 is 19.5 Å². The van der Waals surface area contributed by atoms with Gasteiger partial charge >= 0.3 is 12.1 Å². The number of nitrogens with zero attached hydrogens (tertiary/aromatic N) is 1. The number of nitroso groups, excluding NO2 is 1. The number of alkyl carbamates (subject to hydrolysis) is 1. The van der Waals surface area contributed by atoms with Crippen LogP contribution in [0, 0.1) is 10.8 Å². The molecule has 1 N–H and O–H groups in total. The maximum atomic E-state index is 12.2. The van der Waals surface area contributed by atoms with Crippen LogP contribution >= 0.6 is 0 Å². The molecule has 1 atom stereocenters. The molecule has 0 spiro atoms. The molecule has 1 rings (SSSR count). The quantitative estimate of drug-likeness (QED) is 0.214. The van der Waals surface area contributed by atoms with E-state index in [0.717, 1.165) is 23.7 Å². The van der Waals surface area contributed by atoms with Crippen LogP contribution in [0.5, 0.6) is 5.75 Å². The van der Waals surface area contributed by atoms with E-state index in [9.17, 15) is 14.5 Å². The molecule has 1 amide bonds. The highest BCUT2D eigenvalue weighted by atomic mass is 16.6. The van der Waals surface area contributed by atoms with Gasteiger partial charge in [-0.25, -0.2) is 9.59 Å². The number of hydrogen-bond acceptors (Lipinski definition) is 6. The van der Waals surface area contributed by atoms with Gasteiger partial charge in [-0.1, -0.05) is 24.8 Å². The summed E-state index contributed by atoms with van der Waals surface area (Å²) >= 11 is 0. The predicted molar refractivity (Wildman–Crippen MR) is 113 cm³/mol. The Labute approximate surface area is 178 Å². The van der Waals surface area contributed by atoms with Gasteiger partial charge in [-0.05, 0) is 50.0 Å². The topological polar surface area (TPSA) is 93.9 Å². The Morgan fingerprint density at radius 3 is 2.53 bits per heavy atom. The van der Waals surface area contributed by atoms with E-state index in [0.29, 0.717) is 25.3 Å². The van der Waals surface area contributed by atoms with Crippen molar-refractivity contribution in [2.24, 2.45) is 5.92 Å². The molecule has 1 aromatic rings. The Balaban J connectivity index is 2.41. The van der Waals surface area contributed by atoms with E-state index in [4.69, 9.17) is 14.2 Å². The summed E-state index contributed by atoms with van der Waals surface area (Å²) in [6.07, 6.45) is 2.81. The lowest BCUT2D eigenvalue weighted by molar-refractivity contribution is -0.530. The highest BCUT2D eigenvalue weighted by Crippen LogP contribution is 2.23. The van der Waals surface area contributed by atoms with E-state index in [2.05, 4.69) is 11.9 Å². The van der Waals surface area contributed by atoms with Crippen LogP contribution in [0.4, 0.5) is 4.79 Å². The van der Waals surface area contributed by atoms with E-state index >= 15 is 0 Å². The van der Waals surface area contributed by atoms with Crippen LogP contribution in [0.1, 0.15) is 33.1 Å². The first kappa shape index (κ1) is 25.1. The van der Waals surface area contributed by atoms with Gasteiger partial charge in [0.1, 0.15) is 18.0 Å². The number of para-hydroxylation sites is 1. The second-order valence-corrected chi connectivity index (χ2v) is 7.48. The monoisotopic (exact) mass is 421 g/mol. The van der Waals surface area contributed by atoms with Crippen LogP contribution < -0.4 is 10.1 Å². The summed E-state index contributed by atoms with van der Waals surface area (Å²) in [5, 5.41) is 2.71. The summed E-state index contributed by atoms with van der Waals surface area (Å²) in [6.45, 7) is 8.03. The summed E-state index contributed by atoms with van der Waals surface area (Å²) in [7, 11) is 1.43. The Kier molecular flexibility index (Phi) is 11.2. The lowest BCUT2D eigenvalue weighted by Gasteiger charge is -2.31. The lowest BCUT2D eigenvalue weighted by Crippen LogP contribution is -2.45. The van der Waals surface area contributed by atoms with Gasteiger partial charge in [0.2, 0.25) is 6.54 Å². The second-order valence-electron chi connectivity index (χ2n) is 7.48. The van der Waals surface area contributed by atoms with Crippen molar-refractivity contribution in [1.82, 2.24) is 5.32 Å². The number of carbonyl (C=O) groups is 2. The molecular weight excluding hydrogens is 388 g/mol. The molecule has 8 nitrogen and oxygen atoms in total. The average molecular weight is 422 g/mol. The lowest BCUT2D eigenvalue weighted by atomic mass is 9.91. The van der Waals surface area contributed by atoms with E-state index in [1.54, 1.807) is 13.8 Å². The Morgan fingerprint density at radius 2 is 1.90 bits per heavy atom. The van der Waals surface area contributed by atoms with Crippen LogP contribution in [0.15, 0.2) is 43.0 Å². The molecule has 0 fully saturated rings. The predicted octanol–water partition coefficient (Wildman–Crippen LogP) is 3.49. The first-order chi connectivity index (χ1) is 14.2. The number of carbonyl (C=O) groups excluding carboxylic acids is 2. The number of hydrogen-bond donors (Lipinski definition) is 1. The molecule has 0 aromatic heterocycles. The molecule has 0 radical (unpaired) electrons. The van der Waals surface area contributed by atoms with E-state index < -0.39 is 17.7 Å². The standard InChI is InChI=1S/C22H32N2O6/c1-5-20(25)28-15-11-7-10-14-23-21(26)30-22(2,3)18(16-24(4)27)17-29-19-12-8-6-9-13-19/h5-6,8-9,12-13,18H,1,7,10-11,14-17H2,2-4H3/p+1. The molecule has 0 saturated carbocycles. The minimum absolute atomic E-state index is 0.163. The van der Waals surface area contributed by atoms with Crippen molar-refractivity contribution in [3.05, 3.63) is 47.9 Å². The van der Waals surface area contributed by atoms with E-state index in [1.165, 1.54) is 7.05 Å². The van der Waals surface area contributed by atoms with Crippen molar-refractivity contribution in [2.75, 3.05) is 33.4 Å². The van der Waals surface area contributed by atoms with Gasteiger partial charge in [-0.15, -0.1) is 0 Å². The van der Waals surface area contributed by atoms with E-state index in [-0.39, 0.29) is 19.1 Å². The largest absolute Gasteiger partial charge is 0.493 e. The number of ether oxygens (including phenoxy) is 3. The Hall–Kier alpha value is -2.90. The molecule has 0 bridgehead atoms. The van der Waals surface area contributed by atoms with Crippen LogP contribution in [0.3, 0.4) is 0 Å². The van der Waals surface area contributed by atoms with Gasteiger partial charge in [0.25, 0.3) is 0 Å². The Bertz CT molecular complexity index is 690. The zero-order valence-electron chi connectivity index (χ0n) is 18.1. The number of unbranched alkanes of at least 4 members (excludes halogenated alkanes) is 2. The number of nitrogens with one attached hydrogen (secondary N) is 1. The third kappa shape index (κ3) is 10.6. The maximum absolute atomic E-state index is 12.2. The number of rotatable bonds is 14. The fourth-order valence-corrected chi connectivity index (χ4v) is 2.68. The second kappa shape index (κ2) is 13.3. The molecule has 1 unspecified atom stereocenters. The first-order valence-corrected chi connectivity index (χ1v) is 10.1. The molecular formula is C22H33N2O6+. The molecule has 0 aliphatic heterocycles. The molecule has 1 aromatic carbocycles. The third-order valence-electron chi connectivity index (χ3n) is 4.51. The highest BCUT2D eigenvalue weighted by Gasteiger charge is 2.38. The van der Waals surface area contributed by atoms with Gasteiger partial charge in [-0.3, -0.25) is 0 Å². The third-order valence-corrected chi connectivity index (χ3v) is 4.51. The molecule has 8 heteroatoms. The van der Waals surface area contributed by atoms with Crippen molar-refractivity contribution in [3.8, 4) is 5.75 Å². The van der Waals surface area contributed by atoms with Crippen LogP contribution in [-0.4, -0.2) is 55.8 Å². The molecule has 0 saturated heterocycles. The van der Waals surface area contributed by atoms with Crippen LogP contribution in [-0.2, 0) is 14.3 Å². The van der Waals surface area contributed by atoms with Gasteiger partial charge in [0, 0.05) is 17.5 Å². The number of benzene rings is 1. The van der Waals surface area contributed by atoms with Crippen LogP contribution in [0.2, 0.25) is 0 Å². The first-order valence-electron chi connectivity index (χ1n) is 10.1. The molecule has 0 aliphatic carbocycles. The van der Waals surface area contributed by atoms with Crippen molar-refractivity contribution >= 4 is 12.1 Å². The summed E-state index contributed by atoms with van der Waals surface area (Å²) in [5.41, 5.74) is -0.906. The SMILES string of the molecule is C=CC(=O)OCCCCCNC(=O)OC(C)(C)C(COc1ccccc1)C[N+](C)=O. The number of amides is 1. The van der Waals surface area contributed by atoms with Crippen molar-refractivity contribution in [2.45, 2.75) is 38.7 Å². The van der Waals surface area contributed by atoms with Crippen molar-refractivity contribution < 1.29 is 28.6 Å². The average Bonchev–Trinajstić information content (AvgIpc) is 2.70. The molecule has 0 aliphatic rings. The number of esters is 1. The minimum Gasteiger partial charge on any atom is -0.493 e. The Morgan fingerprint density at radius 1 is 1.20 bits per heavy atom. The van der Waals surface area contributed by atoms with E-state index in [1.807, 2.05) is 30.3 Å². The smallest absolute Gasteiger partial charge is 0.407 e. The fourth-order valence-electron chi connectivity index (χ4n) is 2.68. The molecule has 30 heavy (non-hydrogen) atoms. The minimum atomic E-state index is -0.906. The van der Waals surface area contributed by atoms with Crippen molar-refractivity contribution in [1.29, 1.82) is 0 Å². The zero-order chi connectivity index (χ0) is 22.4.